The molecular weight excluding hydrogens is 296 g/mol. The molecule has 1 aromatic carbocycles. The normalized spacial score (nSPS) is 15.0. The summed E-state index contributed by atoms with van der Waals surface area (Å²) in [6.45, 7) is 0. The zero-order chi connectivity index (χ0) is 12.3. The number of hydrogen-bond donors (Lipinski definition) is 1. The van der Waals surface area contributed by atoms with Gasteiger partial charge in [0, 0.05) is 16.6 Å². The SMILES string of the molecule is CSC1=C(C#N)CC=C(c2ccc(Br)cc2)N1. The van der Waals surface area contributed by atoms with E-state index in [4.69, 9.17) is 5.26 Å². The average Bonchev–Trinajstić information content (AvgIpc) is 2.39. The van der Waals surface area contributed by atoms with Crippen molar-refractivity contribution in [1.29, 1.82) is 5.26 Å². The lowest BCUT2D eigenvalue weighted by Gasteiger charge is -2.18. The van der Waals surface area contributed by atoms with E-state index in [2.05, 4.69) is 45.5 Å². The van der Waals surface area contributed by atoms with Gasteiger partial charge in [0.25, 0.3) is 0 Å². The number of benzene rings is 1. The molecule has 1 aliphatic heterocycles. The van der Waals surface area contributed by atoms with Crippen LogP contribution in [0.1, 0.15) is 12.0 Å². The lowest BCUT2D eigenvalue weighted by atomic mass is 10.1. The smallest absolute Gasteiger partial charge is 0.0978 e. The number of nitrogens with one attached hydrogen (secondary N) is 1. The number of dihydropyridines is 1. The molecule has 2 rings (SSSR count). The van der Waals surface area contributed by atoms with Crippen LogP contribution in [0.5, 0.6) is 0 Å². The molecule has 1 N–H and O–H groups in total. The van der Waals surface area contributed by atoms with E-state index in [-0.39, 0.29) is 0 Å². The summed E-state index contributed by atoms with van der Waals surface area (Å²) in [5.41, 5.74) is 3.01. The number of nitrogens with zero attached hydrogens (tertiary/aromatic N) is 1. The monoisotopic (exact) mass is 306 g/mol. The van der Waals surface area contributed by atoms with Crippen LogP contribution >= 0.6 is 27.7 Å². The molecule has 86 valence electrons. The molecule has 17 heavy (non-hydrogen) atoms. The molecule has 0 spiro atoms. The van der Waals surface area contributed by atoms with E-state index in [1.807, 2.05) is 18.4 Å². The van der Waals surface area contributed by atoms with Crippen LogP contribution in [0.15, 0.2) is 45.4 Å². The lowest BCUT2D eigenvalue weighted by molar-refractivity contribution is 1.07. The third kappa shape index (κ3) is 2.74. The molecule has 1 heterocycles. The number of hydrogen-bond acceptors (Lipinski definition) is 3. The van der Waals surface area contributed by atoms with Gasteiger partial charge < -0.3 is 5.32 Å². The summed E-state index contributed by atoms with van der Waals surface area (Å²) in [7, 11) is 0. The van der Waals surface area contributed by atoms with Crippen LogP contribution in [0.2, 0.25) is 0 Å². The summed E-state index contributed by atoms with van der Waals surface area (Å²) in [6.07, 6.45) is 4.73. The Kier molecular flexibility index (Phi) is 3.93. The van der Waals surface area contributed by atoms with Gasteiger partial charge in [0.2, 0.25) is 0 Å². The van der Waals surface area contributed by atoms with Gasteiger partial charge in [-0.1, -0.05) is 34.1 Å². The largest absolute Gasteiger partial charge is 0.349 e. The van der Waals surface area contributed by atoms with Crippen LogP contribution in [-0.2, 0) is 0 Å². The van der Waals surface area contributed by atoms with Crippen molar-refractivity contribution in [1.82, 2.24) is 5.32 Å². The number of halogens is 1. The first kappa shape index (κ1) is 12.3. The van der Waals surface area contributed by atoms with Crippen LogP contribution in [0.25, 0.3) is 5.70 Å². The van der Waals surface area contributed by atoms with Crippen molar-refractivity contribution >= 4 is 33.4 Å². The maximum Gasteiger partial charge on any atom is 0.0978 e. The maximum absolute atomic E-state index is 8.99. The fourth-order valence-electron chi connectivity index (χ4n) is 1.64. The minimum Gasteiger partial charge on any atom is -0.349 e. The van der Waals surface area contributed by atoms with Gasteiger partial charge in [0.05, 0.1) is 16.7 Å². The lowest BCUT2D eigenvalue weighted by Crippen LogP contribution is -2.15. The molecule has 0 radical (unpaired) electrons. The molecule has 1 aromatic rings. The van der Waals surface area contributed by atoms with Gasteiger partial charge in [-0.3, -0.25) is 0 Å². The number of nitriles is 1. The summed E-state index contributed by atoms with van der Waals surface area (Å²) in [5, 5.41) is 13.2. The topological polar surface area (TPSA) is 35.8 Å². The van der Waals surface area contributed by atoms with Crippen molar-refractivity contribution in [3.05, 3.63) is 51.0 Å². The van der Waals surface area contributed by atoms with Crippen LogP contribution < -0.4 is 5.32 Å². The first-order valence-corrected chi connectivity index (χ1v) is 7.16. The zero-order valence-corrected chi connectivity index (χ0v) is 11.7. The standard InChI is InChI=1S/C13H11BrN2S/c1-17-13-10(8-15)4-7-12(16-13)9-2-5-11(14)6-3-9/h2-3,5-7,16H,4H2,1H3. The predicted octanol–water partition coefficient (Wildman–Crippen LogP) is 3.88. The van der Waals surface area contributed by atoms with E-state index in [1.54, 1.807) is 11.8 Å². The molecule has 0 unspecified atom stereocenters. The molecule has 0 aliphatic carbocycles. The Morgan fingerprint density at radius 1 is 1.35 bits per heavy atom. The molecule has 0 saturated carbocycles. The van der Waals surface area contributed by atoms with Gasteiger partial charge in [-0.05, 0) is 24.0 Å². The van der Waals surface area contributed by atoms with E-state index >= 15 is 0 Å². The van der Waals surface area contributed by atoms with Crippen molar-refractivity contribution in [2.24, 2.45) is 0 Å². The van der Waals surface area contributed by atoms with Gasteiger partial charge >= 0.3 is 0 Å². The van der Waals surface area contributed by atoms with Crippen LogP contribution in [0.3, 0.4) is 0 Å². The predicted molar refractivity (Wildman–Crippen MR) is 76.0 cm³/mol. The van der Waals surface area contributed by atoms with Gasteiger partial charge in [-0.25, -0.2) is 0 Å². The summed E-state index contributed by atoms with van der Waals surface area (Å²) in [5.74, 6) is 0. The Morgan fingerprint density at radius 3 is 2.65 bits per heavy atom. The summed E-state index contributed by atoms with van der Waals surface area (Å²) >= 11 is 5.00. The average molecular weight is 307 g/mol. The first-order valence-electron chi connectivity index (χ1n) is 5.15. The molecule has 2 nitrogen and oxygen atoms in total. The van der Waals surface area contributed by atoms with Gasteiger partial charge in [0.15, 0.2) is 0 Å². The molecule has 0 amide bonds. The van der Waals surface area contributed by atoms with E-state index in [0.717, 1.165) is 26.3 Å². The van der Waals surface area contributed by atoms with Crippen LogP contribution in [0, 0.1) is 11.3 Å². The van der Waals surface area contributed by atoms with Crippen molar-refractivity contribution in [2.75, 3.05) is 6.26 Å². The summed E-state index contributed by atoms with van der Waals surface area (Å²) < 4.78 is 1.07. The third-order valence-corrected chi connectivity index (χ3v) is 3.81. The van der Waals surface area contributed by atoms with Crippen molar-refractivity contribution in [2.45, 2.75) is 6.42 Å². The van der Waals surface area contributed by atoms with E-state index in [0.29, 0.717) is 6.42 Å². The highest BCUT2D eigenvalue weighted by atomic mass is 79.9. The Labute approximate surface area is 114 Å². The van der Waals surface area contributed by atoms with Crippen molar-refractivity contribution in [3.63, 3.8) is 0 Å². The molecular formula is C13H11BrN2S. The van der Waals surface area contributed by atoms with E-state index in [9.17, 15) is 0 Å². The number of thioether (sulfide) groups is 1. The third-order valence-electron chi connectivity index (χ3n) is 2.53. The van der Waals surface area contributed by atoms with Crippen molar-refractivity contribution in [3.8, 4) is 6.07 Å². The van der Waals surface area contributed by atoms with Crippen LogP contribution in [0.4, 0.5) is 0 Å². The minimum absolute atomic E-state index is 0.699. The van der Waals surface area contributed by atoms with Crippen molar-refractivity contribution < 1.29 is 0 Å². The van der Waals surface area contributed by atoms with E-state index < -0.39 is 0 Å². The molecule has 0 bridgehead atoms. The summed E-state index contributed by atoms with van der Waals surface area (Å²) in [6, 6.07) is 10.4. The van der Waals surface area contributed by atoms with Gasteiger partial charge in [-0.15, -0.1) is 11.8 Å². The number of allylic oxidation sites excluding steroid dienone is 2. The van der Waals surface area contributed by atoms with Gasteiger partial charge in [0.1, 0.15) is 0 Å². The Hall–Kier alpha value is -1.18. The zero-order valence-electron chi connectivity index (χ0n) is 9.33. The quantitative estimate of drug-likeness (QED) is 0.900. The second kappa shape index (κ2) is 5.44. The van der Waals surface area contributed by atoms with Crippen LogP contribution in [-0.4, -0.2) is 6.26 Å². The highest BCUT2D eigenvalue weighted by Crippen LogP contribution is 2.27. The molecule has 0 fully saturated rings. The second-order valence-corrected chi connectivity index (χ2v) is 5.31. The Bertz CT molecular complexity index is 523. The highest BCUT2D eigenvalue weighted by Gasteiger charge is 2.13. The maximum atomic E-state index is 8.99. The highest BCUT2D eigenvalue weighted by molar-refractivity contribution is 9.10. The summed E-state index contributed by atoms with van der Waals surface area (Å²) in [4.78, 5) is 0. The fraction of sp³-hybridized carbons (Fsp3) is 0.154. The number of rotatable bonds is 2. The van der Waals surface area contributed by atoms with E-state index in [1.165, 1.54) is 0 Å². The molecule has 1 aliphatic rings. The molecule has 0 saturated heterocycles. The second-order valence-electron chi connectivity index (χ2n) is 3.58. The molecule has 4 heteroatoms. The fourth-order valence-corrected chi connectivity index (χ4v) is 2.49. The van der Waals surface area contributed by atoms with Gasteiger partial charge in [-0.2, -0.15) is 5.26 Å². The Balaban J connectivity index is 2.25. The Morgan fingerprint density at radius 2 is 2.06 bits per heavy atom. The molecule has 0 atom stereocenters. The minimum atomic E-state index is 0.699. The molecule has 0 aromatic heterocycles. The first-order chi connectivity index (χ1) is 8.24.